The molecule has 1 N–H and O–H groups in total. The standard InChI is InChI=1S/C29H35NO3Si/c1-29(2,3)34(25-11-7-5-8-12-25,26-13-9-6-10-14-26)33-24-19-20-30-27(21-24)22-15-17-23(18-16-22)28(31)32-4/h5-18,24,27,30H,19-21H2,1-4H3/t24-,27+/m0/s1. The molecule has 1 aliphatic heterocycles. The molecule has 5 heteroatoms. The van der Waals surface area contributed by atoms with Crippen LogP contribution in [-0.4, -0.2) is 34.0 Å². The van der Waals surface area contributed by atoms with Crippen molar-refractivity contribution in [1.82, 2.24) is 5.32 Å². The van der Waals surface area contributed by atoms with E-state index in [1.165, 1.54) is 23.0 Å². The molecular formula is C29H35NO3Si. The summed E-state index contributed by atoms with van der Waals surface area (Å²) in [5.41, 5.74) is 1.74. The number of ether oxygens (including phenoxy) is 1. The highest BCUT2D eigenvalue weighted by molar-refractivity contribution is 6.99. The first-order valence-corrected chi connectivity index (χ1v) is 14.0. The normalized spacial score (nSPS) is 18.9. The molecule has 0 aromatic heterocycles. The highest BCUT2D eigenvalue weighted by atomic mass is 28.4. The van der Waals surface area contributed by atoms with Gasteiger partial charge in [-0.2, -0.15) is 0 Å². The van der Waals surface area contributed by atoms with Crippen LogP contribution in [0.3, 0.4) is 0 Å². The molecule has 34 heavy (non-hydrogen) atoms. The quantitative estimate of drug-likeness (QED) is 0.411. The number of piperidine rings is 1. The summed E-state index contributed by atoms with van der Waals surface area (Å²) in [6.45, 7) is 7.86. The summed E-state index contributed by atoms with van der Waals surface area (Å²) in [6, 6.07) is 29.6. The Balaban J connectivity index is 1.66. The second-order valence-electron chi connectivity index (χ2n) is 10.0. The zero-order valence-electron chi connectivity index (χ0n) is 20.6. The predicted molar refractivity (Wildman–Crippen MR) is 140 cm³/mol. The van der Waals surface area contributed by atoms with Gasteiger partial charge in [-0.1, -0.05) is 93.6 Å². The van der Waals surface area contributed by atoms with E-state index in [0.29, 0.717) is 5.56 Å². The van der Waals surface area contributed by atoms with E-state index in [1.54, 1.807) is 0 Å². The van der Waals surface area contributed by atoms with Gasteiger partial charge in [-0.15, -0.1) is 0 Å². The molecule has 0 radical (unpaired) electrons. The Morgan fingerprint density at radius 2 is 1.44 bits per heavy atom. The number of methoxy groups -OCH3 is 1. The fraction of sp³-hybridized carbons (Fsp3) is 0.345. The Morgan fingerprint density at radius 3 is 1.94 bits per heavy atom. The Kier molecular flexibility index (Phi) is 7.36. The predicted octanol–water partition coefficient (Wildman–Crippen LogP) is 4.84. The van der Waals surface area contributed by atoms with Crippen molar-refractivity contribution in [2.45, 2.75) is 50.8 Å². The van der Waals surface area contributed by atoms with Crippen LogP contribution in [0.15, 0.2) is 84.9 Å². The van der Waals surface area contributed by atoms with E-state index in [-0.39, 0.29) is 23.2 Å². The van der Waals surface area contributed by atoms with Crippen LogP contribution in [0.4, 0.5) is 0 Å². The van der Waals surface area contributed by atoms with Crippen LogP contribution < -0.4 is 15.7 Å². The lowest BCUT2D eigenvalue weighted by molar-refractivity contribution is 0.0600. The molecule has 0 aliphatic carbocycles. The monoisotopic (exact) mass is 473 g/mol. The molecule has 0 bridgehead atoms. The van der Waals surface area contributed by atoms with Gasteiger partial charge in [-0.3, -0.25) is 0 Å². The van der Waals surface area contributed by atoms with Gasteiger partial charge in [0.15, 0.2) is 0 Å². The van der Waals surface area contributed by atoms with Crippen molar-refractivity contribution in [3.63, 3.8) is 0 Å². The number of hydrogen-bond donors (Lipinski definition) is 1. The van der Waals surface area contributed by atoms with Gasteiger partial charge in [0.05, 0.1) is 12.7 Å². The third-order valence-corrected chi connectivity index (χ3v) is 11.9. The first-order valence-electron chi connectivity index (χ1n) is 12.1. The van der Waals surface area contributed by atoms with E-state index in [1.807, 2.05) is 24.3 Å². The fourth-order valence-corrected chi connectivity index (χ4v) is 9.88. The molecule has 178 valence electrons. The van der Waals surface area contributed by atoms with Gasteiger partial charge >= 0.3 is 5.97 Å². The van der Waals surface area contributed by atoms with Crippen LogP contribution in [0.5, 0.6) is 0 Å². The van der Waals surface area contributed by atoms with Gasteiger partial charge in [-0.25, -0.2) is 4.79 Å². The van der Waals surface area contributed by atoms with Gasteiger partial charge in [-0.05, 0) is 52.5 Å². The number of benzene rings is 3. The summed E-state index contributed by atoms with van der Waals surface area (Å²) >= 11 is 0. The number of nitrogens with one attached hydrogen (secondary N) is 1. The molecule has 1 fully saturated rings. The van der Waals surface area contributed by atoms with Gasteiger partial charge in [0.25, 0.3) is 8.32 Å². The minimum atomic E-state index is -2.59. The second-order valence-corrected chi connectivity index (χ2v) is 14.3. The van der Waals surface area contributed by atoms with Crippen molar-refractivity contribution < 1.29 is 14.0 Å². The summed E-state index contributed by atoms with van der Waals surface area (Å²) in [5, 5.41) is 6.23. The van der Waals surface area contributed by atoms with Gasteiger partial charge in [0.2, 0.25) is 0 Å². The zero-order valence-corrected chi connectivity index (χ0v) is 21.6. The Hall–Kier alpha value is -2.73. The second kappa shape index (κ2) is 10.3. The topological polar surface area (TPSA) is 47.6 Å². The molecule has 1 heterocycles. The summed E-state index contributed by atoms with van der Waals surface area (Å²) < 4.78 is 12.2. The molecule has 0 saturated carbocycles. The van der Waals surface area contributed by atoms with Crippen LogP contribution >= 0.6 is 0 Å². The Labute approximate surface area is 204 Å². The lowest BCUT2D eigenvalue weighted by Gasteiger charge is -2.46. The first kappa shape index (κ1) is 24.4. The largest absolute Gasteiger partial charge is 0.465 e. The number of esters is 1. The molecule has 1 aliphatic rings. The van der Waals surface area contributed by atoms with Crippen LogP contribution in [0.25, 0.3) is 0 Å². The van der Waals surface area contributed by atoms with Crippen molar-refractivity contribution in [3.8, 4) is 0 Å². The van der Waals surface area contributed by atoms with Crippen molar-refractivity contribution >= 4 is 24.7 Å². The van der Waals surface area contributed by atoms with Gasteiger partial charge < -0.3 is 14.5 Å². The molecule has 0 spiro atoms. The van der Waals surface area contributed by atoms with E-state index in [4.69, 9.17) is 9.16 Å². The maximum atomic E-state index is 11.8. The van der Waals surface area contributed by atoms with Crippen molar-refractivity contribution in [2.75, 3.05) is 13.7 Å². The van der Waals surface area contributed by atoms with E-state index < -0.39 is 8.32 Å². The summed E-state index contributed by atoms with van der Waals surface area (Å²) in [7, 11) is -1.18. The molecular weight excluding hydrogens is 438 g/mol. The van der Waals surface area contributed by atoms with Crippen molar-refractivity contribution in [3.05, 3.63) is 96.1 Å². The third kappa shape index (κ3) is 4.87. The molecule has 0 amide bonds. The number of carbonyl (C=O) groups is 1. The van der Waals surface area contributed by atoms with Crippen molar-refractivity contribution in [2.24, 2.45) is 0 Å². The first-order chi connectivity index (χ1) is 16.3. The third-order valence-electron chi connectivity index (χ3n) is 6.85. The molecule has 4 nitrogen and oxygen atoms in total. The summed E-state index contributed by atoms with van der Waals surface area (Å²) in [4.78, 5) is 11.8. The summed E-state index contributed by atoms with van der Waals surface area (Å²) in [6.07, 6.45) is 2.00. The van der Waals surface area contributed by atoms with E-state index in [9.17, 15) is 4.79 Å². The average Bonchev–Trinajstić information content (AvgIpc) is 2.87. The van der Waals surface area contributed by atoms with Crippen LogP contribution in [-0.2, 0) is 9.16 Å². The molecule has 2 atom stereocenters. The van der Waals surface area contributed by atoms with Gasteiger partial charge in [0, 0.05) is 12.1 Å². The van der Waals surface area contributed by atoms with Crippen LogP contribution in [0, 0.1) is 0 Å². The smallest absolute Gasteiger partial charge is 0.337 e. The minimum absolute atomic E-state index is 0.0434. The molecule has 4 rings (SSSR count). The maximum Gasteiger partial charge on any atom is 0.337 e. The van der Waals surface area contributed by atoms with E-state index >= 15 is 0 Å². The summed E-state index contributed by atoms with van der Waals surface area (Å²) in [5.74, 6) is -0.309. The molecule has 3 aromatic rings. The zero-order chi connectivity index (χ0) is 24.2. The lowest BCUT2D eigenvalue weighted by atomic mass is 9.95. The average molecular weight is 474 g/mol. The minimum Gasteiger partial charge on any atom is -0.465 e. The van der Waals surface area contributed by atoms with E-state index in [0.717, 1.165) is 19.4 Å². The highest BCUT2D eigenvalue weighted by Gasteiger charge is 2.51. The SMILES string of the molecule is COC(=O)c1ccc([C@H]2C[C@@H](O[Si](c3ccccc3)(c3ccccc3)C(C)(C)C)CCN2)cc1. The Bertz CT molecular complexity index is 1040. The van der Waals surface area contributed by atoms with Gasteiger partial charge in [0.1, 0.15) is 0 Å². The maximum absolute atomic E-state index is 11.8. The molecule has 3 aromatic carbocycles. The fourth-order valence-electron chi connectivity index (χ4n) is 5.15. The number of hydrogen-bond acceptors (Lipinski definition) is 4. The van der Waals surface area contributed by atoms with Crippen LogP contribution in [0.1, 0.15) is 55.6 Å². The van der Waals surface area contributed by atoms with Crippen molar-refractivity contribution in [1.29, 1.82) is 0 Å². The number of rotatable bonds is 6. The Morgan fingerprint density at radius 1 is 0.882 bits per heavy atom. The highest BCUT2D eigenvalue weighted by Crippen LogP contribution is 2.39. The number of carbonyl (C=O) groups excluding carboxylic acids is 1. The van der Waals surface area contributed by atoms with Crippen LogP contribution in [0.2, 0.25) is 5.04 Å². The molecule has 1 saturated heterocycles. The lowest BCUT2D eigenvalue weighted by Crippen LogP contribution is -2.68. The molecule has 0 unspecified atom stereocenters. The van der Waals surface area contributed by atoms with E-state index in [2.05, 4.69) is 86.8 Å².